The van der Waals surface area contributed by atoms with Crippen molar-refractivity contribution in [3.63, 3.8) is 0 Å². The van der Waals surface area contributed by atoms with Gasteiger partial charge < -0.3 is 26.6 Å². The Labute approximate surface area is 239 Å². The highest BCUT2D eigenvalue weighted by Gasteiger charge is 2.56. The molecule has 10 nitrogen and oxygen atoms in total. The van der Waals surface area contributed by atoms with Crippen LogP contribution in [0.2, 0.25) is 0 Å². The third-order valence-electron chi connectivity index (χ3n) is 6.12. The first kappa shape index (κ1) is 30.2. The number of pyridine rings is 1. The standard InChI is InChI=1S/C27H22F4N6O4S/c1-2-41-23-15(10-20(33)38)9-19(36-21(23)14-5-3-13(11-32)4-6-14)26(40,27(29,30)31)12-35-24(39)16-7-17(28)22-18(8-16)42-25(34)37-22/h3-9,40H,2,10,12H2,1H3,(H2,33,38)(H2,34,37)(H,35,39)/t26-/m0/s1. The number of aromatic nitrogens is 2. The van der Waals surface area contributed by atoms with Crippen LogP contribution in [0.3, 0.4) is 0 Å². The lowest BCUT2D eigenvalue weighted by Gasteiger charge is -2.31. The Morgan fingerprint density at radius 1 is 1.17 bits per heavy atom. The molecule has 2 aromatic heterocycles. The van der Waals surface area contributed by atoms with E-state index in [1.165, 1.54) is 30.3 Å². The number of nitrogens with zero attached hydrogens (tertiary/aromatic N) is 3. The number of aliphatic hydroxyl groups is 1. The van der Waals surface area contributed by atoms with Crippen LogP contribution in [-0.2, 0) is 16.8 Å². The molecule has 2 aromatic carbocycles. The second-order valence-corrected chi connectivity index (χ2v) is 10.1. The first-order valence-electron chi connectivity index (χ1n) is 12.2. The van der Waals surface area contributed by atoms with E-state index in [-0.39, 0.29) is 55.7 Å². The Morgan fingerprint density at radius 2 is 1.86 bits per heavy atom. The van der Waals surface area contributed by atoms with Gasteiger partial charge in [0.2, 0.25) is 11.5 Å². The summed E-state index contributed by atoms with van der Waals surface area (Å²) in [6, 6.07) is 10.4. The molecule has 0 saturated carbocycles. The van der Waals surface area contributed by atoms with Gasteiger partial charge >= 0.3 is 6.18 Å². The van der Waals surface area contributed by atoms with Crippen molar-refractivity contribution in [3.05, 3.63) is 70.7 Å². The van der Waals surface area contributed by atoms with Crippen LogP contribution in [0.25, 0.3) is 21.5 Å². The molecule has 0 aliphatic heterocycles. The maximum atomic E-state index is 14.5. The van der Waals surface area contributed by atoms with Gasteiger partial charge in [-0.15, -0.1) is 0 Å². The molecule has 0 spiro atoms. The number of carbonyl (C=O) groups is 2. The number of fused-ring (bicyclic) bond motifs is 1. The fourth-order valence-electron chi connectivity index (χ4n) is 4.10. The van der Waals surface area contributed by atoms with Crippen molar-refractivity contribution in [1.82, 2.24) is 15.3 Å². The molecule has 0 unspecified atom stereocenters. The maximum absolute atomic E-state index is 14.5. The molecule has 6 N–H and O–H groups in total. The zero-order chi connectivity index (χ0) is 30.8. The van der Waals surface area contributed by atoms with Crippen LogP contribution in [0, 0.1) is 17.1 Å². The average Bonchev–Trinajstić information content (AvgIpc) is 3.32. The second kappa shape index (κ2) is 11.6. The quantitative estimate of drug-likeness (QED) is 0.210. The van der Waals surface area contributed by atoms with E-state index < -0.39 is 48.1 Å². The van der Waals surface area contributed by atoms with Crippen molar-refractivity contribution < 1.29 is 37.0 Å². The first-order chi connectivity index (χ1) is 19.8. The molecule has 42 heavy (non-hydrogen) atoms. The lowest BCUT2D eigenvalue weighted by atomic mass is 9.93. The molecule has 1 atom stereocenters. The van der Waals surface area contributed by atoms with E-state index in [0.717, 1.165) is 23.5 Å². The van der Waals surface area contributed by atoms with Gasteiger partial charge in [0, 0.05) is 16.7 Å². The number of primary amides is 1. The average molecular weight is 603 g/mol. The van der Waals surface area contributed by atoms with Crippen LogP contribution in [0.1, 0.15) is 34.1 Å². The largest absolute Gasteiger partial charge is 0.491 e. The number of halogens is 4. The number of thiazole rings is 1. The summed E-state index contributed by atoms with van der Waals surface area (Å²) >= 11 is 0.876. The topological polar surface area (TPSA) is 177 Å². The number of ether oxygens (including phenoxy) is 1. The number of alkyl halides is 3. The summed E-state index contributed by atoms with van der Waals surface area (Å²) in [5.41, 5.74) is 5.95. The number of rotatable bonds is 9. The smallest absolute Gasteiger partial charge is 0.424 e. The van der Waals surface area contributed by atoms with E-state index in [4.69, 9.17) is 21.5 Å². The fraction of sp³-hybridized carbons (Fsp3) is 0.222. The third kappa shape index (κ3) is 5.94. The predicted molar refractivity (Wildman–Crippen MR) is 145 cm³/mol. The Balaban J connectivity index is 1.81. The van der Waals surface area contributed by atoms with Gasteiger partial charge in [-0.2, -0.15) is 18.4 Å². The molecule has 0 radical (unpaired) electrons. The zero-order valence-electron chi connectivity index (χ0n) is 21.8. The van der Waals surface area contributed by atoms with E-state index in [9.17, 15) is 32.3 Å². The second-order valence-electron chi connectivity index (χ2n) is 9.01. The van der Waals surface area contributed by atoms with Crippen LogP contribution in [-0.4, -0.2) is 46.2 Å². The molecule has 218 valence electrons. The predicted octanol–water partition coefficient (Wildman–Crippen LogP) is 3.56. The summed E-state index contributed by atoms with van der Waals surface area (Å²) in [6.45, 7) is 0.221. The molecule has 0 aliphatic carbocycles. The van der Waals surface area contributed by atoms with Crippen LogP contribution in [0.4, 0.5) is 22.7 Å². The van der Waals surface area contributed by atoms with Crippen LogP contribution in [0.5, 0.6) is 5.75 Å². The maximum Gasteiger partial charge on any atom is 0.424 e. The van der Waals surface area contributed by atoms with Gasteiger partial charge in [-0.25, -0.2) is 14.4 Å². The van der Waals surface area contributed by atoms with E-state index in [0.29, 0.717) is 0 Å². The number of hydrogen-bond acceptors (Lipinski definition) is 9. The summed E-state index contributed by atoms with van der Waals surface area (Å²) in [7, 11) is 0. The Bertz CT molecular complexity index is 1720. The minimum absolute atomic E-state index is 0.0271. The number of nitriles is 1. The molecule has 15 heteroatoms. The molecule has 2 heterocycles. The van der Waals surface area contributed by atoms with E-state index in [1.807, 2.05) is 11.4 Å². The van der Waals surface area contributed by atoms with Crippen molar-refractivity contribution >= 4 is 38.5 Å². The molecule has 0 bridgehead atoms. The summed E-state index contributed by atoms with van der Waals surface area (Å²) in [4.78, 5) is 32.5. The summed E-state index contributed by atoms with van der Waals surface area (Å²) in [6.07, 6.45) is -5.96. The molecule has 0 fully saturated rings. The highest BCUT2D eigenvalue weighted by molar-refractivity contribution is 7.22. The van der Waals surface area contributed by atoms with Gasteiger partial charge in [-0.1, -0.05) is 23.5 Å². The summed E-state index contributed by atoms with van der Waals surface area (Å²) < 4.78 is 63.8. The third-order valence-corrected chi connectivity index (χ3v) is 6.95. The van der Waals surface area contributed by atoms with E-state index in [2.05, 4.69) is 9.97 Å². The number of carbonyl (C=O) groups excluding carboxylic acids is 2. The molecular formula is C27H22F4N6O4S. The minimum Gasteiger partial charge on any atom is -0.491 e. The summed E-state index contributed by atoms with van der Waals surface area (Å²) in [5.74, 6) is -2.98. The van der Waals surface area contributed by atoms with E-state index in [1.54, 1.807) is 6.92 Å². The Morgan fingerprint density at radius 3 is 2.45 bits per heavy atom. The normalized spacial score (nSPS) is 12.9. The van der Waals surface area contributed by atoms with Crippen molar-refractivity contribution in [1.29, 1.82) is 5.26 Å². The molecule has 0 saturated heterocycles. The number of amides is 2. The number of benzene rings is 2. The van der Waals surface area contributed by atoms with Gasteiger partial charge in [0.15, 0.2) is 10.9 Å². The fourth-order valence-corrected chi connectivity index (χ4v) is 4.89. The van der Waals surface area contributed by atoms with Gasteiger partial charge in [-0.05, 0) is 37.3 Å². The lowest BCUT2D eigenvalue weighted by molar-refractivity contribution is -0.265. The van der Waals surface area contributed by atoms with Crippen molar-refractivity contribution in [2.45, 2.75) is 25.1 Å². The first-order valence-corrected chi connectivity index (χ1v) is 13.0. The minimum atomic E-state index is -5.40. The van der Waals surface area contributed by atoms with E-state index >= 15 is 0 Å². The SMILES string of the molecule is CCOc1c(CC(N)=O)cc([C@@](O)(CNC(=O)c2cc(F)c3nc(N)sc3c2)C(F)(F)F)nc1-c1ccc(C#N)cc1. The van der Waals surface area contributed by atoms with Gasteiger partial charge in [0.05, 0.1) is 41.6 Å². The number of hydrogen-bond donors (Lipinski definition) is 4. The van der Waals surface area contributed by atoms with Crippen molar-refractivity contribution in [3.8, 4) is 23.1 Å². The molecule has 0 aliphatic rings. The number of anilines is 1. The molecular weight excluding hydrogens is 580 g/mol. The highest BCUT2D eigenvalue weighted by atomic mass is 32.1. The molecule has 4 rings (SSSR count). The number of nitrogen functional groups attached to an aromatic ring is 1. The Hall–Kier alpha value is -4.81. The number of nitrogens with two attached hydrogens (primary N) is 2. The monoisotopic (exact) mass is 602 g/mol. The van der Waals surface area contributed by atoms with Gasteiger partial charge in [-0.3, -0.25) is 9.59 Å². The van der Waals surface area contributed by atoms with Crippen LogP contribution < -0.4 is 21.5 Å². The zero-order valence-corrected chi connectivity index (χ0v) is 22.6. The summed E-state index contributed by atoms with van der Waals surface area (Å²) in [5, 5.41) is 22.2. The van der Waals surface area contributed by atoms with Crippen LogP contribution >= 0.6 is 11.3 Å². The molecule has 2 amide bonds. The van der Waals surface area contributed by atoms with Gasteiger partial charge in [0.25, 0.3) is 5.91 Å². The van der Waals surface area contributed by atoms with Crippen molar-refractivity contribution in [2.75, 3.05) is 18.9 Å². The van der Waals surface area contributed by atoms with Gasteiger partial charge in [0.1, 0.15) is 17.0 Å². The molecule has 4 aromatic rings. The highest BCUT2D eigenvalue weighted by Crippen LogP contribution is 2.42. The van der Waals surface area contributed by atoms with Crippen LogP contribution in [0.15, 0.2) is 42.5 Å². The Kier molecular flexibility index (Phi) is 8.32. The van der Waals surface area contributed by atoms with Crippen molar-refractivity contribution in [2.24, 2.45) is 5.73 Å². The number of nitrogens with one attached hydrogen (secondary N) is 1. The lowest BCUT2D eigenvalue weighted by Crippen LogP contribution is -2.51.